The van der Waals surface area contributed by atoms with Gasteiger partial charge >= 0.3 is 0 Å². The molecule has 1 aromatic rings. The fourth-order valence-corrected chi connectivity index (χ4v) is 1.80. The number of hydrogen-bond acceptors (Lipinski definition) is 1. The van der Waals surface area contributed by atoms with Gasteiger partial charge in [-0.15, -0.1) is 0 Å². The van der Waals surface area contributed by atoms with Crippen molar-refractivity contribution in [1.82, 2.24) is 0 Å². The summed E-state index contributed by atoms with van der Waals surface area (Å²) in [7, 11) is 0. The first-order valence-corrected chi connectivity index (χ1v) is 6.07. The minimum Gasteiger partial charge on any atom is -0.490 e. The average molecular weight is 222 g/mol. The SMILES string of the molecule is CC(C)Cc1cccc(F)c1OCC1CC1. The first kappa shape index (κ1) is 11.4. The summed E-state index contributed by atoms with van der Waals surface area (Å²) < 4.78 is 19.3. The molecule has 0 aliphatic heterocycles. The van der Waals surface area contributed by atoms with Crippen LogP contribution in [0.25, 0.3) is 0 Å². The molecule has 0 aromatic heterocycles. The fourth-order valence-electron chi connectivity index (χ4n) is 1.80. The Kier molecular flexibility index (Phi) is 3.47. The van der Waals surface area contributed by atoms with Crippen LogP contribution in [-0.2, 0) is 6.42 Å². The number of halogens is 1. The molecule has 0 heterocycles. The maximum absolute atomic E-state index is 13.6. The fraction of sp³-hybridized carbons (Fsp3) is 0.571. The number of ether oxygens (including phenoxy) is 1. The molecule has 1 fully saturated rings. The van der Waals surface area contributed by atoms with Crippen LogP contribution >= 0.6 is 0 Å². The van der Waals surface area contributed by atoms with Crippen LogP contribution in [-0.4, -0.2) is 6.61 Å². The van der Waals surface area contributed by atoms with Crippen LogP contribution < -0.4 is 4.74 Å². The molecule has 1 saturated carbocycles. The Morgan fingerprint density at radius 3 is 2.75 bits per heavy atom. The monoisotopic (exact) mass is 222 g/mol. The van der Waals surface area contributed by atoms with Crippen LogP contribution in [0.2, 0.25) is 0 Å². The van der Waals surface area contributed by atoms with Crippen LogP contribution in [0.5, 0.6) is 5.75 Å². The summed E-state index contributed by atoms with van der Waals surface area (Å²) in [5.74, 6) is 1.43. The molecule has 0 unspecified atom stereocenters. The van der Waals surface area contributed by atoms with Gasteiger partial charge in [0.05, 0.1) is 6.61 Å². The smallest absolute Gasteiger partial charge is 0.165 e. The summed E-state index contributed by atoms with van der Waals surface area (Å²) in [5.41, 5.74) is 0.996. The van der Waals surface area contributed by atoms with Crippen LogP contribution in [0.1, 0.15) is 32.3 Å². The molecular formula is C14H19FO. The largest absolute Gasteiger partial charge is 0.490 e. The summed E-state index contributed by atoms with van der Waals surface area (Å²) in [4.78, 5) is 0. The van der Waals surface area contributed by atoms with E-state index in [1.807, 2.05) is 6.07 Å². The molecular weight excluding hydrogens is 203 g/mol. The normalized spacial score (nSPS) is 15.5. The second-order valence-corrected chi connectivity index (χ2v) is 5.08. The zero-order chi connectivity index (χ0) is 11.5. The maximum atomic E-state index is 13.6. The number of rotatable bonds is 5. The van der Waals surface area contributed by atoms with Gasteiger partial charge in [0.1, 0.15) is 0 Å². The lowest BCUT2D eigenvalue weighted by Gasteiger charge is -2.13. The maximum Gasteiger partial charge on any atom is 0.165 e. The van der Waals surface area contributed by atoms with E-state index in [0.717, 1.165) is 12.0 Å². The summed E-state index contributed by atoms with van der Waals surface area (Å²) in [5, 5.41) is 0. The van der Waals surface area contributed by atoms with Crippen molar-refractivity contribution in [3.05, 3.63) is 29.6 Å². The third-order valence-electron chi connectivity index (χ3n) is 2.84. The summed E-state index contributed by atoms with van der Waals surface area (Å²) >= 11 is 0. The molecule has 0 radical (unpaired) electrons. The molecule has 0 atom stereocenters. The molecule has 2 rings (SSSR count). The third kappa shape index (κ3) is 2.97. The second kappa shape index (κ2) is 4.86. The standard InChI is InChI=1S/C14H19FO/c1-10(2)8-12-4-3-5-13(15)14(12)16-9-11-6-7-11/h3-5,10-11H,6-9H2,1-2H3. The molecule has 0 bridgehead atoms. The molecule has 0 amide bonds. The summed E-state index contributed by atoms with van der Waals surface area (Å²) in [6.07, 6.45) is 3.33. The predicted octanol–water partition coefficient (Wildman–Crippen LogP) is 3.81. The van der Waals surface area contributed by atoms with Crippen molar-refractivity contribution < 1.29 is 9.13 Å². The summed E-state index contributed by atoms with van der Waals surface area (Å²) in [6.45, 7) is 4.94. The van der Waals surface area contributed by atoms with Gasteiger partial charge in [0.25, 0.3) is 0 Å². The van der Waals surface area contributed by atoms with Crippen molar-refractivity contribution in [1.29, 1.82) is 0 Å². The van der Waals surface area contributed by atoms with Crippen molar-refractivity contribution >= 4 is 0 Å². The highest BCUT2D eigenvalue weighted by Crippen LogP contribution is 2.32. The van der Waals surface area contributed by atoms with Crippen molar-refractivity contribution in [3.8, 4) is 5.75 Å². The van der Waals surface area contributed by atoms with Gasteiger partial charge in [-0.25, -0.2) is 4.39 Å². The quantitative estimate of drug-likeness (QED) is 0.736. The highest BCUT2D eigenvalue weighted by Gasteiger charge is 2.23. The van der Waals surface area contributed by atoms with Gasteiger partial charge < -0.3 is 4.74 Å². The van der Waals surface area contributed by atoms with Crippen molar-refractivity contribution in [3.63, 3.8) is 0 Å². The van der Waals surface area contributed by atoms with Gasteiger partial charge in [-0.2, -0.15) is 0 Å². The molecule has 2 heteroatoms. The highest BCUT2D eigenvalue weighted by atomic mass is 19.1. The number of hydrogen-bond donors (Lipinski definition) is 0. The van der Waals surface area contributed by atoms with E-state index in [1.165, 1.54) is 18.9 Å². The lowest BCUT2D eigenvalue weighted by molar-refractivity contribution is 0.281. The van der Waals surface area contributed by atoms with E-state index in [9.17, 15) is 4.39 Å². The third-order valence-corrected chi connectivity index (χ3v) is 2.84. The van der Waals surface area contributed by atoms with E-state index in [0.29, 0.717) is 24.2 Å². The first-order valence-electron chi connectivity index (χ1n) is 6.07. The van der Waals surface area contributed by atoms with Crippen LogP contribution in [0.4, 0.5) is 4.39 Å². The van der Waals surface area contributed by atoms with E-state index in [2.05, 4.69) is 13.8 Å². The molecule has 88 valence electrons. The topological polar surface area (TPSA) is 9.23 Å². The predicted molar refractivity (Wildman–Crippen MR) is 63.2 cm³/mol. The Hall–Kier alpha value is -1.05. The van der Waals surface area contributed by atoms with Gasteiger partial charge in [-0.3, -0.25) is 0 Å². The second-order valence-electron chi connectivity index (χ2n) is 5.08. The van der Waals surface area contributed by atoms with Gasteiger partial charge in [0.15, 0.2) is 11.6 Å². The first-order chi connectivity index (χ1) is 7.66. The van der Waals surface area contributed by atoms with Crippen LogP contribution in [0.3, 0.4) is 0 Å². The van der Waals surface area contributed by atoms with E-state index in [-0.39, 0.29) is 5.82 Å². The van der Waals surface area contributed by atoms with Crippen molar-refractivity contribution in [2.24, 2.45) is 11.8 Å². The zero-order valence-electron chi connectivity index (χ0n) is 10.0. The van der Waals surface area contributed by atoms with E-state index >= 15 is 0 Å². The van der Waals surface area contributed by atoms with Crippen molar-refractivity contribution in [2.45, 2.75) is 33.1 Å². The molecule has 1 aliphatic carbocycles. The lowest BCUT2D eigenvalue weighted by Crippen LogP contribution is -2.05. The zero-order valence-corrected chi connectivity index (χ0v) is 10.0. The molecule has 0 N–H and O–H groups in total. The average Bonchev–Trinajstić information content (AvgIpc) is 2.99. The molecule has 1 nitrogen and oxygen atoms in total. The van der Waals surface area contributed by atoms with Crippen molar-refractivity contribution in [2.75, 3.05) is 6.61 Å². The van der Waals surface area contributed by atoms with Crippen LogP contribution in [0.15, 0.2) is 18.2 Å². The van der Waals surface area contributed by atoms with E-state index in [4.69, 9.17) is 4.74 Å². The molecule has 0 saturated heterocycles. The number of benzene rings is 1. The Morgan fingerprint density at radius 1 is 1.38 bits per heavy atom. The Bertz CT molecular complexity index is 356. The van der Waals surface area contributed by atoms with E-state index < -0.39 is 0 Å². The minimum atomic E-state index is -0.223. The minimum absolute atomic E-state index is 0.223. The summed E-state index contributed by atoms with van der Waals surface area (Å²) in [6, 6.07) is 5.20. The molecule has 1 aliphatic rings. The highest BCUT2D eigenvalue weighted by molar-refractivity contribution is 5.35. The Balaban J connectivity index is 2.10. The lowest BCUT2D eigenvalue weighted by atomic mass is 10.0. The Morgan fingerprint density at radius 2 is 2.12 bits per heavy atom. The van der Waals surface area contributed by atoms with Gasteiger partial charge in [0, 0.05) is 0 Å². The Labute approximate surface area is 96.6 Å². The van der Waals surface area contributed by atoms with Crippen LogP contribution in [0, 0.1) is 17.7 Å². The van der Waals surface area contributed by atoms with Gasteiger partial charge in [0.2, 0.25) is 0 Å². The van der Waals surface area contributed by atoms with E-state index in [1.54, 1.807) is 6.07 Å². The molecule has 0 spiro atoms. The number of para-hydroxylation sites is 1. The molecule has 1 aromatic carbocycles. The van der Waals surface area contributed by atoms with Gasteiger partial charge in [-0.1, -0.05) is 26.0 Å². The molecule has 16 heavy (non-hydrogen) atoms. The van der Waals surface area contributed by atoms with Gasteiger partial charge in [-0.05, 0) is 42.7 Å².